The number of likely N-dealkylation sites (tertiary alicyclic amines) is 1. The van der Waals surface area contributed by atoms with Crippen molar-refractivity contribution in [3.63, 3.8) is 0 Å². The lowest BCUT2D eigenvalue weighted by molar-refractivity contribution is -0.150. The van der Waals surface area contributed by atoms with E-state index >= 15 is 0 Å². The largest absolute Gasteiger partial charge is 0.363 e. The Bertz CT molecular complexity index is 427. The molecular weight excluding hydrogens is 240 g/mol. The van der Waals surface area contributed by atoms with E-state index in [9.17, 15) is 9.59 Å². The summed E-state index contributed by atoms with van der Waals surface area (Å²) in [6.07, 6.45) is 0.868. The number of imide groups is 1. The number of aromatic nitrogens is 2. The fourth-order valence-corrected chi connectivity index (χ4v) is 2.44. The summed E-state index contributed by atoms with van der Waals surface area (Å²) in [6, 6.07) is 0. The third-order valence-electron chi connectivity index (χ3n) is 2.62. The van der Waals surface area contributed by atoms with Crippen molar-refractivity contribution in [2.45, 2.75) is 26.3 Å². The van der Waals surface area contributed by atoms with E-state index in [1.54, 1.807) is 7.05 Å². The molecule has 0 saturated carbocycles. The van der Waals surface area contributed by atoms with Gasteiger partial charge in [0.15, 0.2) is 0 Å². The van der Waals surface area contributed by atoms with Crippen molar-refractivity contribution < 1.29 is 9.59 Å². The Hall–Kier alpha value is -1.50. The first kappa shape index (κ1) is 12.0. The predicted octanol–water partition coefficient (Wildman–Crippen LogP) is 0.865. The van der Waals surface area contributed by atoms with E-state index in [1.807, 2.05) is 6.92 Å². The van der Waals surface area contributed by atoms with E-state index in [1.165, 1.54) is 16.2 Å². The summed E-state index contributed by atoms with van der Waals surface area (Å²) < 4.78 is 0. The highest BCUT2D eigenvalue weighted by molar-refractivity contribution is 7.15. The van der Waals surface area contributed by atoms with E-state index in [0.717, 1.165) is 0 Å². The fraction of sp³-hybridized carbons (Fsp3) is 0.600. The van der Waals surface area contributed by atoms with Crippen molar-refractivity contribution in [2.24, 2.45) is 5.92 Å². The van der Waals surface area contributed by atoms with Crippen molar-refractivity contribution in [2.75, 3.05) is 12.4 Å². The minimum absolute atomic E-state index is 0.116. The number of amides is 2. The van der Waals surface area contributed by atoms with Gasteiger partial charge in [0.05, 0.1) is 6.54 Å². The monoisotopic (exact) mass is 254 g/mol. The molecule has 1 saturated heterocycles. The van der Waals surface area contributed by atoms with Crippen LogP contribution in [0.4, 0.5) is 5.13 Å². The first-order chi connectivity index (χ1) is 8.10. The lowest BCUT2D eigenvalue weighted by Gasteiger charge is -2.27. The predicted molar refractivity (Wildman–Crippen MR) is 63.4 cm³/mol. The van der Waals surface area contributed by atoms with Gasteiger partial charge in [0, 0.05) is 19.9 Å². The molecule has 17 heavy (non-hydrogen) atoms. The Labute approximate surface area is 103 Å². The Kier molecular flexibility index (Phi) is 3.37. The summed E-state index contributed by atoms with van der Waals surface area (Å²) in [4.78, 5) is 24.8. The highest BCUT2D eigenvalue weighted by Crippen LogP contribution is 2.22. The first-order valence-electron chi connectivity index (χ1n) is 5.43. The molecule has 0 unspecified atom stereocenters. The highest BCUT2D eigenvalue weighted by Gasteiger charge is 2.30. The average molecular weight is 254 g/mol. The van der Waals surface area contributed by atoms with Gasteiger partial charge >= 0.3 is 0 Å². The molecule has 2 amide bonds. The van der Waals surface area contributed by atoms with Crippen LogP contribution in [-0.4, -0.2) is 34.0 Å². The van der Waals surface area contributed by atoms with Gasteiger partial charge in [-0.25, -0.2) is 0 Å². The maximum atomic E-state index is 11.7. The zero-order valence-corrected chi connectivity index (χ0v) is 10.6. The second-order valence-electron chi connectivity index (χ2n) is 4.14. The Balaban J connectivity index is 2.07. The van der Waals surface area contributed by atoms with Crippen LogP contribution in [0.2, 0.25) is 0 Å². The van der Waals surface area contributed by atoms with Gasteiger partial charge < -0.3 is 5.32 Å². The third-order valence-corrected chi connectivity index (χ3v) is 3.55. The lowest BCUT2D eigenvalue weighted by atomic mass is 9.98. The minimum Gasteiger partial charge on any atom is -0.363 e. The third kappa shape index (κ3) is 2.60. The molecular formula is C10H14N4O2S. The Morgan fingerprint density at radius 1 is 1.35 bits per heavy atom. The van der Waals surface area contributed by atoms with Crippen LogP contribution in [0.1, 0.15) is 24.8 Å². The number of piperidine rings is 1. The fourth-order valence-electron chi connectivity index (χ4n) is 1.76. The molecule has 1 N–H and O–H groups in total. The van der Waals surface area contributed by atoms with Crippen LogP contribution in [0.5, 0.6) is 0 Å². The van der Waals surface area contributed by atoms with E-state index in [2.05, 4.69) is 15.5 Å². The highest BCUT2D eigenvalue weighted by atomic mass is 32.1. The van der Waals surface area contributed by atoms with Crippen LogP contribution in [0.15, 0.2) is 0 Å². The van der Waals surface area contributed by atoms with Gasteiger partial charge in [-0.05, 0) is 5.92 Å². The molecule has 2 rings (SSSR count). The summed E-state index contributed by atoms with van der Waals surface area (Å²) >= 11 is 1.35. The van der Waals surface area contributed by atoms with Crippen molar-refractivity contribution >= 4 is 28.3 Å². The SMILES string of the molecule is CNc1nnc(CN2C(=O)CC(C)CC2=O)s1. The van der Waals surface area contributed by atoms with Crippen LogP contribution in [0.25, 0.3) is 0 Å². The van der Waals surface area contributed by atoms with Crippen LogP contribution in [0.3, 0.4) is 0 Å². The van der Waals surface area contributed by atoms with Gasteiger partial charge in [-0.15, -0.1) is 10.2 Å². The number of nitrogens with one attached hydrogen (secondary N) is 1. The molecule has 0 spiro atoms. The summed E-state index contributed by atoms with van der Waals surface area (Å²) in [5.74, 6) is -0.0848. The number of hydrogen-bond donors (Lipinski definition) is 1. The van der Waals surface area contributed by atoms with Crippen molar-refractivity contribution in [3.05, 3.63) is 5.01 Å². The van der Waals surface area contributed by atoms with E-state index in [0.29, 0.717) is 23.0 Å². The van der Waals surface area contributed by atoms with Crippen LogP contribution in [0, 0.1) is 5.92 Å². The molecule has 1 aromatic rings. The molecule has 1 aliphatic rings. The molecule has 2 heterocycles. The normalized spacial score (nSPS) is 17.6. The molecule has 7 heteroatoms. The molecule has 1 aliphatic heterocycles. The summed E-state index contributed by atoms with van der Waals surface area (Å²) in [5.41, 5.74) is 0. The molecule has 0 aliphatic carbocycles. The number of nitrogens with zero attached hydrogens (tertiary/aromatic N) is 3. The average Bonchev–Trinajstić information content (AvgIpc) is 2.71. The molecule has 0 radical (unpaired) electrons. The van der Waals surface area contributed by atoms with Crippen LogP contribution < -0.4 is 5.32 Å². The molecule has 0 atom stereocenters. The topological polar surface area (TPSA) is 75.2 Å². The minimum atomic E-state index is -0.116. The molecule has 1 fully saturated rings. The number of carbonyl (C=O) groups is 2. The smallest absolute Gasteiger partial charge is 0.229 e. The van der Waals surface area contributed by atoms with Gasteiger partial charge in [0.2, 0.25) is 16.9 Å². The Morgan fingerprint density at radius 2 is 2.00 bits per heavy atom. The van der Waals surface area contributed by atoms with Gasteiger partial charge in [-0.2, -0.15) is 0 Å². The maximum Gasteiger partial charge on any atom is 0.229 e. The number of anilines is 1. The molecule has 92 valence electrons. The summed E-state index contributed by atoms with van der Waals surface area (Å²) in [5, 5.41) is 12.0. The van der Waals surface area contributed by atoms with Crippen molar-refractivity contribution in [1.82, 2.24) is 15.1 Å². The van der Waals surface area contributed by atoms with Crippen molar-refractivity contribution in [1.29, 1.82) is 0 Å². The van der Waals surface area contributed by atoms with Gasteiger partial charge in [0.25, 0.3) is 0 Å². The van der Waals surface area contributed by atoms with E-state index < -0.39 is 0 Å². The number of carbonyl (C=O) groups excluding carboxylic acids is 2. The summed E-state index contributed by atoms with van der Waals surface area (Å²) in [7, 11) is 1.75. The quantitative estimate of drug-likeness (QED) is 0.810. The molecule has 1 aromatic heterocycles. The second-order valence-corrected chi connectivity index (χ2v) is 5.20. The molecule has 0 bridgehead atoms. The summed E-state index contributed by atoms with van der Waals surface area (Å²) in [6.45, 7) is 2.15. The van der Waals surface area contributed by atoms with Gasteiger partial charge in [-0.1, -0.05) is 18.3 Å². The zero-order chi connectivity index (χ0) is 12.4. The Morgan fingerprint density at radius 3 is 2.53 bits per heavy atom. The van der Waals surface area contributed by atoms with Crippen molar-refractivity contribution in [3.8, 4) is 0 Å². The maximum absolute atomic E-state index is 11.7. The lowest BCUT2D eigenvalue weighted by Crippen LogP contribution is -2.42. The van der Waals surface area contributed by atoms with Gasteiger partial charge in [-0.3, -0.25) is 14.5 Å². The zero-order valence-electron chi connectivity index (χ0n) is 9.77. The second kappa shape index (κ2) is 4.79. The standard InChI is InChI=1S/C10H14N4O2S/c1-6-3-8(15)14(9(16)4-6)5-7-12-13-10(11-2)17-7/h6H,3-5H2,1-2H3,(H,11,13). The first-order valence-corrected chi connectivity index (χ1v) is 6.25. The molecule has 6 nitrogen and oxygen atoms in total. The van der Waals surface area contributed by atoms with E-state index in [-0.39, 0.29) is 24.3 Å². The number of hydrogen-bond acceptors (Lipinski definition) is 6. The van der Waals surface area contributed by atoms with E-state index in [4.69, 9.17) is 0 Å². The number of rotatable bonds is 3. The van der Waals surface area contributed by atoms with Crippen LogP contribution >= 0.6 is 11.3 Å². The molecule has 0 aromatic carbocycles. The van der Waals surface area contributed by atoms with Gasteiger partial charge in [0.1, 0.15) is 5.01 Å². The van der Waals surface area contributed by atoms with Crippen LogP contribution in [-0.2, 0) is 16.1 Å².